The van der Waals surface area contributed by atoms with Gasteiger partial charge in [0.05, 0.1) is 11.3 Å². The second-order valence-corrected chi connectivity index (χ2v) is 8.85. The van der Waals surface area contributed by atoms with Crippen molar-refractivity contribution in [3.05, 3.63) is 72.4 Å². The van der Waals surface area contributed by atoms with Gasteiger partial charge in [0.2, 0.25) is 5.95 Å². The van der Waals surface area contributed by atoms with Gasteiger partial charge in [0.25, 0.3) is 5.91 Å². The number of ether oxygens (including phenoxy) is 1. The lowest BCUT2D eigenvalue weighted by Gasteiger charge is -2.16. The maximum Gasteiger partial charge on any atom is 0.491 e. The molecule has 0 atom stereocenters. The zero-order chi connectivity index (χ0) is 31.2. The van der Waals surface area contributed by atoms with Crippen LogP contribution in [0.4, 0.5) is 53.9 Å². The lowest BCUT2D eigenvalue weighted by molar-refractivity contribution is -0.195. The summed E-state index contributed by atoms with van der Waals surface area (Å²) in [5.74, 6) is -5.89. The highest BCUT2D eigenvalue weighted by molar-refractivity contribution is 6.03. The van der Waals surface area contributed by atoms with Crippen LogP contribution in [0.15, 0.2) is 61.0 Å². The first-order chi connectivity index (χ1) is 19.5. The molecule has 1 amide bonds. The number of carbonyl (C=O) groups is 2. The molecule has 0 aliphatic heterocycles. The van der Waals surface area contributed by atoms with E-state index < -0.39 is 41.4 Å². The second kappa shape index (κ2) is 12.8. The highest BCUT2D eigenvalue weighted by Crippen LogP contribution is 2.34. The van der Waals surface area contributed by atoms with E-state index in [9.17, 15) is 40.3 Å². The SMILES string of the molecule is C=C(OC(=O)C(F)(F)F)C(=O)Nc1ccc(F)c(Nc2nc(NCCN(C)C)ncc2-c2ccc(C(F)(F)F)cc2)c1. The molecule has 3 N–H and O–H groups in total. The van der Waals surface area contributed by atoms with Crippen LogP contribution in [0, 0.1) is 5.82 Å². The van der Waals surface area contributed by atoms with E-state index in [2.05, 4.69) is 37.2 Å². The molecule has 0 aliphatic rings. The number of anilines is 4. The van der Waals surface area contributed by atoms with E-state index in [-0.39, 0.29) is 34.3 Å². The molecule has 3 aromatic rings. The number of nitrogens with one attached hydrogen (secondary N) is 3. The van der Waals surface area contributed by atoms with Gasteiger partial charge in [-0.05, 0) is 50.0 Å². The summed E-state index contributed by atoms with van der Waals surface area (Å²) in [5, 5.41) is 7.80. The van der Waals surface area contributed by atoms with Crippen molar-refractivity contribution < 1.29 is 45.1 Å². The molecule has 0 spiro atoms. The van der Waals surface area contributed by atoms with Gasteiger partial charge < -0.3 is 25.6 Å². The van der Waals surface area contributed by atoms with Crippen molar-refractivity contribution in [1.82, 2.24) is 14.9 Å². The first-order valence-corrected chi connectivity index (χ1v) is 11.8. The molecule has 0 aliphatic carbocycles. The molecule has 0 unspecified atom stereocenters. The molecular weight excluding hydrogens is 577 g/mol. The number of hydrogen-bond acceptors (Lipinski definition) is 8. The fraction of sp³-hybridized carbons (Fsp3) is 0.231. The summed E-state index contributed by atoms with van der Waals surface area (Å²) in [6.07, 6.45) is -8.61. The van der Waals surface area contributed by atoms with Crippen molar-refractivity contribution in [3.63, 3.8) is 0 Å². The van der Waals surface area contributed by atoms with Gasteiger partial charge >= 0.3 is 18.3 Å². The lowest BCUT2D eigenvalue weighted by atomic mass is 10.1. The van der Waals surface area contributed by atoms with Crippen molar-refractivity contribution in [2.45, 2.75) is 12.4 Å². The minimum absolute atomic E-state index is 0.0250. The Kier molecular flexibility index (Phi) is 9.72. The normalized spacial score (nSPS) is 11.7. The minimum atomic E-state index is -5.36. The van der Waals surface area contributed by atoms with Gasteiger partial charge in [0.15, 0.2) is 5.76 Å². The summed E-state index contributed by atoms with van der Waals surface area (Å²) in [5.41, 5.74) is -0.846. The predicted molar refractivity (Wildman–Crippen MR) is 139 cm³/mol. The molecule has 16 heteroatoms. The van der Waals surface area contributed by atoms with Crippen molar-refractivity contribution in [3.8, 4) is 11.1 Å². The van der Waals surface area contributed by atoms with Crippen LogP contribution in [-0.2, 0) is 20.5 Å². The summed E-state index contributed by atoms with van der Waals surface area (Å²) >= 11 is 0. The molecule has 0 saturated carbocycles. The average Bonchev–Trinajstić information content (AvgIpc) is 2.89. The van der Waals surface area contributed by atoms with Crippen LogP contribution in [0.1, 0.15) is 5.56 Å². The summed E-state index contributed by atoms with van der Waals surface area (Å²) in [4.78, 5) is 33.5. The van der Waals surface area contributed by atoms with Crippen molar-refractivity contribution >= 4 is 35.0 Å². The molecule has 0 bridgehead atoms. The average molecular weight is 600 g/mol. The Morgan fingerprint density at radius 2 is 1.69 bits per heavy atom. The van der Waals surface area contributed by atoms with Crippen LogP contribution in [0.3, 0.4) is 0 Å². The van der Waals surface area contributed by atoms with E-state index in [0.717, 1.165) is 30.3 Å². The number of esters is 1. The smallest absolute Gasteiger partial charge is 0.415 e. The predicted octanol–water partition coefficient (Wildman–Crippen LogP) is 5.58. The van der Waals surface area contributed by atoms with Gasteiger partial charge in [0, 0.05) is 30.5 Å². The molecule has 2 aromatic carbocycles. The highest BCUT2D eigenvalue weighted by atomic mass is 19.4. The second-order valence-electron chi connectivity index (χ2n) is 8.85. The number of nitrogens with zero attached hydrogens (tertiary/aromatic N) is 3. The Morgan fingerprint density at radius 1 is 1.02 bits per heavy atom. The van der Waals surface area contributed by atoms with Gasteiger partial charge in [-0.1, -0.05) is 18.7 Å². The molecule has 224 valence electrons. The molecule has 3 rings (SSSR count). The Bertz CT molecular complexity index is 1460. The van der Waals surface area contributed by atoms with Crippen LogP contribution in [-0.4, -0.2) is 60.1 Å². The number of likely N-dealkylation sites (N-methyl/N-ethyl adjacent to an activating group) is 1. The van der Waals surface area contributed by atoms with Crippen LogP contribution in [0.5, 0.6) is 0 Å². The standard InChI is InChI=1S/C26H23F7N6O3/c1-14(42-23(41)26(31,32)33)22(40)36-17-8-9-19(27)20(12-17)37-21-18(13-35-24(38-21)34-10-11-39(2)3)15-4-6-16(7-5-15)25(28,29)30/h4-9,12-13H,1,10-11H2,2-3H3,(H,36,40)(H2,34,35,37,38). The maximum absolute atomic E-state index is 14.8. The molecule has 0 fully saturated rings. The molecular formula is C26H23F7N6O3. The maximum atomic E-state index is 14.8. The van der Waals surface area contributed by atoms with Crippen LogP contribution >= 0.6 is 0 Å². The van der Waals surface area contributed by atoms with E-state index in [4.69, 9.17) is 0 Å². The third kappa shape index (κ3) is 8.63. The fourth-order valence-corrected chi connectivity index (χ4v) is 3.25. The van der Waals surface area contributed by atoms with E-state index in [1.54, 1.807) is 0 Å². The summed E-state index contributed by atoms with van der Waals surface area (Å²) < 4.78 is 95.0. The topological polar surface area (TPSA) is 108 Å². The zero-order valence-electron chi connectivity index (χ0n) is 22.0. The van der Waals surface area contributed by atoms with Gasteiger partial charge in [0.1, 0.15) is 11.6 Å². The molecule has 42 heavy (non-hydrogen) atoms. The number of rotatable bonds is 10. The Balaban J connectivity index is 1.91. The van der Waals surface area contributed by atoms with E-state index in [1.165, 1.54) is 18.3 Å². The number of halogens is 7. The summed E-state index contributed by atoms with van der Waals surface area (Å²) in [7, 11) is 3.68. The molecule has 0 radical (unpaired) electrons. The third-order valence-electron chi connectivity index (χ3n) is 5.33. The van der Waals surface area contributed by atoms with Crippen LogP contribution in [0.25, 0.3) is 11.1 Å². The van der Waals surface area contributed by atoms with Gasteiger partial charge in [-0.2, -0.15) is 31.3 Å². The first-order valence-electron chi connectivity index (χ1n) is 11.8. The highest BCUT2D eigenvalue weighted by Gasteiger charge is 2.42. The lowest BCUT2D eigenvalue weighted by Crippen LogP contribution is -2.28. The number of aromatic nitrogens is 2. The number of amides is 1. The van der Waals surface area contributed by atoms with Crippen molar-refractivity contribution in [2.24, 2.45) is 0 Å². The number of alkyl halides is 6. The van der Waals surface area contributed by atoms with E-state index >= 15 is 0 Å². The zero-order valence-corrected chi connectivity index (χ0v) is 22.0. The van der Waals surface area contributed by atoms with Gasteiger partial charge in [-0.3, -0.25) is 4.79 Å². The Labute approximate surface area is 234 Å². The number of hydrogen-bond donors (Lipinski definition) is 3. The quantitative estimate of drug-likeness (QED) is 0.120. The third-order valence-corrected chi connectivity index (χ3v) is 5.33. The summed E-state index contributed by atoms with van der Waals surface area (Å²) in [6.45, 7) is 4.01. The van der Waals surface area contributed by atoms with Gasteiger partial charge in [-0.25, -0.2) is 14.2 Å². The molecule has 9 nitrogen and oxygen atoms in total. The first kappa shape index (κ1) is 31.8. The van der Waals surface area contributed by atoms with Crippen molar-refractivity contribution in [1.29, 1.82) is 0 Å². The largest absolute Gasteiger partial charge is 0.491 e. The van der Waals surface area contributed by atoms with Crippen LogP contribution < -0.4 is 16.0 Å². The minimum Gasteiger partial charge on any atom is -0.415 e. The molecule has 1 heterocycles. The fourth-order valence-electron chi connectivity index (χ4n) is 3.25. The van der Waals surface area contributed by atoms with Crippen LogP contribution in [0.2, 0.25) is 0 Å². The van der Waals surface area contributed by atoms with Crippen molar-refractivity contribution in [2.75, 3.05) is 43.1 Å². The summed E-state index contributed by atoms with van der Waals surface area (Å²) in [6, 6.07) is 7.14. The Hall–Kier alpha value is -4.73. The molecule has 0 saturated heterocycles. The number of benzene rings is 2. The number of carbonyl (C=O) groups excluding carboxylic acids is 2. The van der Waals surface area contributed by atoms with E-state index in [0.29, 0.717) is 13.1 Å². The van der Waals surface area contributed by atoms with E-state index in [1.807, 2.05) is 19.0 Å². The Morgan fingerprint density at radius 3 is 2.29 bits per heavy atom. The molecule has 1 aromatic heterocycles. The van der Waals surface area contributed by atoms with Gasteiger partial charge in [-0.15, -0.1) is 0 Å². The monoisotopic (exact) mass is 600 g/mol.